The van der Waals surface area contributed by atoms with Gasteiger partial charge in [-0.25, -0.2) is 0 Å². The highest BCUT2D eigenvalue weighted by atomic mass is 16.6. The second-order valence-electron chi connectivity index (χ2n) is 7.37. The number of hydrogen-bond donors (Lipinski definition) is 1. The predicted molar refractivity (Wildman–Crippen MR) is 108 cm³/mol. The van der Waals surface area contributed by atoms with Crippen molar-refractivity contribution in [2.24, 2.45) is 0 Å². The van der Waals surface area contributed by atoms with Crippen LogP contribution in [0.15, 0.2) is 42.5 Å². The number of anilines is 1. The molecular weight excluding hydrogens is 358 g/mol. The molecule has 1 N–H and O–H groups in total. The predicted octanol–water partition coefficient (Wildman–Crippen LogP) is 3.52. The average Bonchev–Trinajstić information content (AvgIpc) is 2.66. The molecule has 7 heteroatoms. The smallest absolute Gasteiger partial charge is 0.293 e. The molecule has 0 atom stereocenters. The minimum Gasteiger partial charge on any atom is -0.496 e. The van der Waals surface area contributed by atoms with E-state index in [0.29, 0.717) is 12.2 Å². The van der Waals surface area contributed by atoms with Gasteiger partial charge in [-0.2, -0.15) is 0 Å². The van der Waals surface area contributed by atoms with Crippen LogP contribution in [0, 0.1) is 10.1 Å². The second kappa shape index (κ2) is 7.88. The van der Waals surface area contributed by atoms with Crippen LogP contribution in [0.2, 0.25) is 0 Å². The number of nitro groups is 1. The minimum absolute atomic E-state index is 0.0827. The Morgan fingerprint density at radius 3 is 2.54 bits per heavy atom. The van der Waals surface area contributed by atoms with Gasteiger partial charge < -0.3 is 15.0 Å². The van der Waals surface area contributed by atoms with E-state index in [4.69, 9.17) is 4.74 Å². The zero-order valence-corrected chi connectivity index (χ0v) is 16.4. The van der Waals surface area contributed by atoms with Gasteiger partial charge in [0.2, 0.25) is 0 Å². The lowest BCUT2D eigenvalue weighted by Gasteiger charge is -2.43. The van der Waals surface area contributed by atoms with E-state index in [9.17, 15) is 14.9 Å². The van der Waals surface area contributed by atoms with Crippen LogP contribution in [0.25, 0.3) is 0 Å². The zero-order chi connectivity index (χ0) is 20.3. The normalized spacial score (nSPS) is 14.7. The van der Waals surface area contributed by atoms with Crippen molar-refractivity contribution in [1.82, 2.24) is 5.32 Å². The Morgan fingerprint density at radius 1 is 1.25 bits per heavy atom. The third kappa shape index (κ3) is 3.65. The fraction of sp³-hybridized carbons (Fsp3) is 0.381. The molecule has 2 aromatic rings. The molecule has 0 aromatic heterocycles. The molecule has 0 unspecified atom stereocenters. The summed E-state index contributed by atoms with van der Waals surface area (Å²) in [6, 6.07) is 12.4. The summed E-state index contributed by atoms with van der Waals surface area (Å²) in [4.78, 5) is 25.3. The molecule has 0 radical (unpaired) electrons. The van der Waals surface area contributed by atoms with Crippen LogP contribution in [0.5, 0.6) is 5.75 Å². The molecule has 28 heavy (non-hydrogen) atoms. The van der Waals surface area contributed by atoms with Gasteiger partial charge in [-0.1, -0.05) is 24.6 Å². The van der Waals surface area contributed by atoms with Crippen LogP contribution in [-0.2, 0) is 5.41 Å². The number of amides is 1. The van der Waals surface area contributed by atoms with Crippen LogP contribution in [-0.4, -0.2) is 38.6 Å². The number of hydrogen-bond acceptors (Lipinski definition) is 5. The lowest BCUT2D eigenvalue weighted by atomic mass is 9.64. The van der Waals surface area contributed by atoms with Gasteiger partial charge in [-0.3, -0.25) is 14.9 Å². The van der Waals surface area contributed by atoms with Gasteiger partial charge in [-0.15, -0.1) is 0 Å². The number of rotatable bonds is 7. The van der Waals surface area contributed by atoms with Gasteiger partial charge >= 0.3 is 0 Å². The summed E-state index contributed by atoms with van der Waals surface area (Å²) in [5, 5.41) is 14.3. The molecule has 1 aliphatic rings. The molecule has 3 rings (SSSR count). The summed E-state index contributed by atoms with van der Waals surface area (Å²) in [6.45, 7) is 0.468. The number of nitrogens with zero attached hydrogens (tertiary/aromatic N) is 2. The molecule has 1 fully saturated rings. The first kappa shape index (κ1) is 19.7. The van der Waals surface area contributed by atoms with Gasteiger partial charge in [0.05, 0.1) is 12.0 Å². The van der Waals surface area contributed by atoms with Crippen molar-refractivity contribution in [1.29, 1.82) is 0 Å². The van der Waals surface area contributed by atoms with Gasteiger partial charge in [-0.05, 0) is 31.0 Å². The van der Waals surface area contributed by atoms with Gasteiger partial charge in [0.15, 0.2) is 0 Å². The maximum absolute atomic E-state index is 12.7. The van der Waals surface area contributed by atoms with Gasteiger partial charge in [0.1, 0.15) is 11.4 Å². The number of carbonyl (C=O) groups excluding carboxylic acids is 1. The van der Waals surface area contributed by atoms with E-state index in [1.54, 1.807) is 38.2 Å². The fourth-order valence-electron chi connectivity index (χ4n) is 3.77. The lowest BCUT2D eigenvalue weighted by molar-refractivity contribution is -0.384. The highest BCUT2D eigenvalue weighted by Gasteiger charge is 2.40. The van der Waals surface area contributed by atoms with E-state index in [1.165, 1.54) is 6.07 Å². The topological polar surface area (TPSA) is 84.7 Å². The van der Waals surface area contributed by atoms with Crippen LogP contribution in [0.4, 0.5) is 11.4 Å². The number of ether oxygens (including phenoxy) is 1. The van der Waals surface area contributed by atoms with Crippen molar-refractivity contribution in [3.05, 3.63) is 63.7 Å². The second-order valence-corrected chi connectivity index (χ2v) is 7.37. The Bertz CT molecular complexity index is 891. The third-order valence-corrected chi connectivity index (χ3v) is 5.49. The number of nitrogens with one attached hydrogen (secondary N) is 1. The fourth-order valence-corrected chi connectivity index (χ4v) is 3.77. The molecule has 0 aliphatic heterocycles. The Labute approximate surface area is 164 Å². The molecule has 0 spiro atoms. The maximum Gasteiger partial charge on any atom is 0.293 e. The first-order chi connectivity index (χ1) is 13.4. The molecule has 148 valence electrons. The van der Waals surface area contributed by atoms with Crippen LogP contribution in [0.1, 0.15) is 35.2 Å². The number of carbonyl (C=O) groups is 1. The van der Waals surface area contributed by atoms with Crippen molar-refractivity contribution in [3.8, 4) is 5.75 Å². The highest BCUT2D eigenvalue weighted by Crippen LogP contribution is 2.46. The van der Waals surface area contributed by atoms with E-state index in [2.05, 4.69) is 5.32 Å². The van der Waals surface area contributed by atoms with Crippen LogP contribution < -0.4 is 15.0 Å². The molecule has 0 saturated heterocycles. The van der Waals surface area contributed by atoms with Crippen molar-refractivity contribution in [3.63, 3.8) is 0 Å². The molecular formula is C21H25N3O4. The van der Waals surface area contributed by atoms with Crippen molar-refractivity contribution in [2.75, 3.05) is 32.6 Å². The van der Waals surface area contributed by atoms with Crippen molar-refractivity contribution >= 4 is 17.3 Å². The maximum atomic E-state index is 12.7. The van der Waals surface area contributed by atoms with E-state index >= 15 is 0 Å². The Hall–Kier alpha value is -3.09. The van der Waals surface area contributed by atoms with Crippen molar-refractivity contribution < 1.29 is 14.5 Å². The Balaban J connectivity index is 1.80. The first-order valence-electron chi connectivity index (χ1n) is 9.25. The highest BCUT2D eigenvalue weighted by molar-refractivity contribution is 5.95. The number of nitro benzene ring substituents is 1. The summed E-state index contributed by atoms with van der Waals surface area (Å²) in [6.07, 6.45) is 3.03. The Morgan fingerprint density at radius 2 is 1.96 bits per heavy atom. The summed E-state index contributed by atoms with van der Waals surface area (Å²) in [5.74, 6) is 0.511. The van der Waals surface area contributed by atoms with Gasteiger partial charge in [0, 0.05) is 43.2 Å². The number of benzene rings is 2. The molecule has 1 aliphatic carbocycles. The molecule has 2 aromatic carbocycles. The van der Waals surface area contributed by atoms with E-state index < -0.39 is 4.92 Å². The summed E-state index contributed by atoms with van der Waals surface area (Å²) >= 11 is 0. The van der Waals surface area contributed by atoms with E-state index in [-0.39, 0.29) is 22.6 Å². The lowest BCUT2D eigenvalue weighted by Crippen LogP contribution is -2.45. The number of para-hydroxylation sites is 1. The number of methoxy groups -OCH3 is 1. The molecule has 1 saturated carbocycles. The molecule has 7 nitrogen and oxygen atoms in total. The minimum atomic E-state index is -0.464. The molecule has 0 bridgehead atoms. The van der Waals surface area contributed by atoms with Crippen molar-refractivity contribution in [2.45, 2.75) is 24.7 Å². The monoisotopic (exact) mass is 383 g/mol. The molecule has 0 heterocycles. The summed E-state index contributed by atoms with van der Waals surface area (Å²) < 4.78 is 5.50. The first-order valence-corrected chi connectivity index (χ1v) is 9.25. The van der Waals surface area contributed by atoms with Crippen LogP contribution >= 0.6 is 0 Å². The SMILES string of the molecule is COc1ccccc1C1(CNC(=O)c2ccc(N(C)C)c([N+](=O)[O-])c2)CCC1. The van der Waals surface area contributed by atoms with Gasteiger partial charge in [0.25, 0.3) is 11.6 Å². The summed E-state index contributed by atoms with van der Waals surface area (Å²) in [7, 11) is 5.11. The van der Waals surface area contributed by atoms with E-state index in [0.717, 1.165) is 30.6 Å². The van der Waals surface area contributed by atoms with E-state index in [1.807, 2.05) is 24.3 Å². The Kier molecular flexibility index (Phi) is 5.53. The molecule has 1 amide bonds. The summed E-state index contributed by atoms with van der Waals surface area (Å²) in [5.41, 5.74) is 1.61. The largest absolute Gasteiger partial charge is 0.496 e. The van der Waals surface area contributed by atoms with Crippen LogP contribution in [0.3, 0.4) is 0 Å². The standard InChI is InChI=1S/C21H25N3O4/c1-23(2)17-10-9-15(13-18(17)24(26)27)20(25)22-14-21(11-6-12-21)16-7-4-5-8-19(16)28-3/h4-5,7-10,13H,6,11-12,14H2,1-3H3,(H,22,25). The third-order valence-electron chi connectivity index (χ3n) is 5.49. The average molecular weight is 383 g/mol. The quantitative estimate of drug-likeness (QED) is 0.584. The zero-order valence-electron chi connectivity index (χ0n) is 16.4.